The average Bonchev–Trinajstić information content (AvgIpc) is 2.88. The van der Waals surface area contributed by atoms with Gasteiger partial charge in [-0.25, -0.2) is 19.1 Å². The molecule has 1 aromatic rings. The number of nitrogens with zero attached hydrogens (tertiary/aromatic N) is 3. The highest BCUT2D eigenvalue weighted by atomic mass is 16.6. The molecule has 0 amide bonds. The SMILES string of the molecule is CCOC(=O)/C=C\C(=O)OCC.Cc1ncc([N+](=O)[O-])n1CCO. The number of hydrogen-bond acceptors (Lipinski definition) is 8. The Balaban J connectivity index is 0.000000441. The Labute approximate surface area is 138 Å². The number of rotatable bonds is 7. The van der Waals surface area contributed by atoms with E-state index in [1.165, 1.54) is 10.8 Å². The smallest absolute Gasteiger partial charge is 0.342 e. The molecule has 0 bridgehead atoms. The third kappa shape index (κ3) is 8.03. The molecule has 134 valence electrons. The van der Waals surface area contributed by atoms with Crippen LogP contribution in [-0.4, -0.2) is 51.3 Å². The lowest BCUT2D eigenvalue weighted by Gasteiger charge is -1.98. The maximum absolute atomic E-state index is 10.6. The molecular weight excluding hydrogens is 322 g/mol. The number of aryl methyl sites for hydroxylation is 1. The highest BCUT2D eigenvalue weighted by Gasteiger charge is 2.15. The zero-order valence-electron chi connectivity index (χ0n) is 13.8. The predicted molar refractivity (Wildman–Crippen MR) is 83.1 cm³/mol. The van der Waals surface area contributed by atoms with Crippen LogP contribution in [0.5, 0.6) is 0 Å². The minimum absolute atomic E-state index is 0.0819. The lowest BCUT2D eigenvalue weighted by Crippen LogP contribution is -2.07. The maximum Gasteiger partial charge on any atom is 0.342 e. The number of aliphatic hydroxyl groups excluding tert-OH is 1. The summed E-state index contributed by atoms with van der Waals surface area (Å²) in [6.07, 6.45) is 3.27. The summed E-state index contributed by atoms with van der Waals surface area (Å²) in [4.78, 5) is 34.9. The van der Waals surface area contributed by atoms with Gasteiger partial charge in [0.2, 0.25) is 0 Å². The van der Waals surface area contributed by atoms with E-state index in [-0.39, 0.29) is 19.0 Å². The van der Waals surface area contributed by atoms with Crippen molar-refractivity contribution < 1.29 is 29.1 Å². The zero-order chi connectivity index (χ0) is 18.5. The van der Waals surface area contributed by atoms with E-state index in [0.717, 1.165) is 12.2 Å². The van der Waals surface area contributed by atoms with E-state index in [4.69, 9.17) is 5.11 Å². The number of carbonyl (C=O) groups excluding carboxylic acids is 2. The second kappa shape index (κ2) is 11.8. The number of esters is 2. The molecule has 0 aliphatic carbocycles. The molecule has 0 aromatic carbocycles. The fourth-order valence-corrected chi connectivity index (χ4v) is 1.50. The van der Waals surface area contributed by atoms with Crippen LogP contribution in [0.4, 0.5) is 5.82 Å². The van der Waals surface area contributed by atoms with E-state index in [0.29, 0.717) is 19.0 Å². The van der Waals surface area contributed by atoms with Gasteiger partial charge in [-0.2, -0.15) is 0 Å². The third-order valence-electron chi connectivity index (χ3n) is 2.47. The summed E-state index contributed by atoms with van der Waals surface area (Å²) in [6.45, 7) is 5.72. The molecule has 1 aromatic heterocycles. The van der Waals surface area contributed by atoms with E-state index >= 15 is 0 Å². The summed E-state index contributed by atoms with van der Waals surface area (Å²) in [5.74, 6) is -0.617. The summed E-state index contributed by atoms with van der Waals surface area (Å²) in [5.41, 5.74) is 0. The van der Waals surface area contributed by atoms with Crippen LogP contribution in [0, 0.1) is 17.0 Å². The second-order valence-corrected chi connectivity index (χ2v) is 4.13. The Bertz CT molecular complexity index is 561. The fourth-order valence-electron chi connectivity index (χ4n) is 1.50. The number of hydrogen-bond donors (Lipinski definition) is 1. The van der Waals surface area contributed by atoms with Crippen molar-refractivity contribution in [1.29, 1.82) is 0 Å². The Hall–Kier alpha value is -2.75. The van der Waals surface area contributed by atoms with Crippen molar-refractivity contribution in [2.24, 2.45) is 0 Å². The van der Waals surface area contributed by atoms with Gasteiger partial charge in [-0.15, -0.1) is 0 Å². The largest absolute Gasteiger partial charge is 0.463 e. The van der Waals surface area contributed by atoms with E-state index in [2.05, 4.69) is 14.5 Å². The first kappa shape index (κ1) is 21.2. The van der Waals surface area contributed by atoms with Gasteiger partial charge in [0.05, 0.1) is 19.8 Å². The van der Waals surface area contributed by atoms with Crippen molar-refractivity contribution in [1.82, 2.24) is 9.55 Å². The van der Waals surface area contributed by atoms with Gasteiger partial charge in [-0.3, -0.25) is 0 Å². The van der Waals surface area contributed by atoms with Gasteiger partial charge in [-0.1, -0.05) is 0 Å². The monoisotopic (exact) mass is 343 g/mol. The molecule has 0 radical (unpaired) electrons. The first-order chi connectivity index (χ1) is 11.4. The number of ether oxygens (including phenoxy) is 2. The van der Waals surface area contributed by atoms with Gasteiger partial charge in [0.25, 0.3) is 0 Å². The van der Waals surface area contributed by atoms with Gasteiger partial charge in [-0.05, 0) is 18.8 Å². The summed E-state index contributed by atoms with van der Waals surface area (Å²) in [5, 5.41) is 19.0. The Morgan fingerprint density at radius 3 is 2.17 bits per heavy atom. The highest BCUT2D eigenvalue weighted by molar-refractivity contribution is 5.91. The molecule has 0 unspecified atom stereocenters. The van der Waals surface area contributed by atoms with E-state index in [1.807, 2.05) is 0 Å². The number of carbonyl (C=O) groups is 2. The molecule has 0 spiro atoms. The first-order valence-corrected chi connectivity index (χ1v) is 7.16. The maximum atomic E-state index is 10.6. The van der Waals surface area contributed by atoms with E-state index in [9.17, 15) is 19.7 Å². The molecule has 10 heteroatoms. The Morgan fingerprint density at radius 1 is 1.29 bits per heavy atom. The molecule has 1 heterocycles. The van der Waals surface area contributed by atoms with Crippen molar-refractivity contribution >= 4 is 17.8 Å². The van der Waals surface area contributed by atoms with E-state index < -0.39 is 16.9 Å². The third-order valence-corrected chi connectivity index (χ3v) is 2.47. The summed E-state index contributed by atoms with van der Waals surface area (Å²) >= 11 is 0. The van der Waals surface area contributed by atoms with Crippen LogP contribution in [0.2, 0.25) is 0 Å². The van der Waals surface area contributed by atoms with Crippen LogP contribution in [0.15, 0.2) is 18.3 Å². The standard InChI is InChI=1S/C8H12O4.C6H9N3O3/c1-3-11-7(9)5-6-8(10)12-4-2;1-5-7-4-6(9(11)12)8(5)2-3-10/h5-6H,3-4H2,1-2H3;4,10H,2-3H2,1H3/b6-5-;. The van der Waals surface area contributed by atoms with Crippen molar-refractivity contribution in [3.8, 4) is 0 Å². The van der Waals surface area contributed by atoms with Crippen LogP contribution in [-0.2, 0) is 25.6 Å². The average molecular weight is 343 g/mol. The first-order valence-electron chi connectivity index (χ1n) is 7.16. The molecule has 1 rings (SSSR count). The quantitative estimate of drug-likeness (QED) is 0.332. The number of aliphatic hydroxyl groups is 1. The Kier molecular flexibility index (Phi) is 10.4. The minimum Gasteiger partial charge on any atom is -0.463 e. The van der Waals surface area contributed by atoms with Crippen LogP contribution >= 0.6 is 0 Å². The summed E-state index contributed by atoms with van der Waals surface area (Å²) in [6, 6.07) is 0. The molecule has 0 fully saturated rings. The lowest BCUT2D eigenvalue weighted by atomic mass is 10.5. The van der Waals surface area contributed by atoms with Crippen molar-refractivity contribution in [3.63, 3.8) is 0 Å². The lowest BCUT2D eigenvalue weighted by molar-refractivity contribution is -0.392. The summed E-state index contributed by atoms with van der Waals surface area (Å²) < 4.78 is 10.4. The summed E-state index contributed by atoms with van der Waals surface area (Å²) in [7, 11) is 0. The molecule has 0 aliphatic heterocycles. The molecule has 24 heavy (non-hydrogen) atoms. The number of imidazole rings is 1. The molecule has 0 atom stereocenters. The van der Waals surface area contributed by atoms with Gasteiger partial charge in [0.15, 0.2) is 5.82 Å². The molecular formula is C14H21N3O7. The Morgan fingerprint density at radius 2 is 1.79 bits per heavy atom. The van der Waals surface area contributed by atoms with Crippen LogP contribution < -0.4 is 0 Å². The second-order valence-electron chi connectivity index (χ2n) is 4.13. The predicted octanol–water partition coefficient (Wildman–Crippen LogP) is 0.761. The normalized spacial score (nSPS) is 10.0. The topological polar surface area (TPSA) is 134 Å². The van der Waals surface area contributed by atoms with Gasteiger partial charge < -0.3 is 24.7 Å². The van der Waals surface area contributed by atoms with Crippen LogP contribution in [0.25, 0.3) is 0 Å². The van der Waals surface area contributed by atoms with E-state index in [1.54, 1.807) is 20.8 Å². The fraction of sp³-hybridized carbons (Fsp3) is 0.500. The minimum atomic E-state index is -0.537. The van der Waals surface area contributed by atoms with Crippen molar-refractivity contribution in [2.45, 2.75) is 27.3 Å². The zero-order valence-corrected chi connectivity index (χ0v) is 13.8. The highest BCUT2D eigenvalue weighted by Crippen LogP contribution is 2.12. The molecule has 0 saturated carbocycles. The molecule has 0 saturated heterocycles. The molecule has 10 nitrogen and oxygen atoms in total. The number of nitro groups is 1. The van der Waals surface area contributed by atoms with Gasteiger partial charge in [0.1, 0.15) is 12.7 Å². The van der Waals surface area contributed by atoms with Crippen molar-refractivity contribution in [3.05, 3.63) is 34.3 Å². The van der Waals surface area contributed by atoms with Crippen LogP contribution in [0.1, 0.15) is 19.7 Å². The van der Waals surface area contributed by atoms with Gasteiger partial charge >= 0.3 is 17.8 Å². The van der Waals surface area contributed by atoms with Crippen molar-refractivity contribution in [2.75, 3.05) is 19.8 Å². The van der Waals surface area contributed by atoms with Gasteiger partial charge in [0, 0.05) is 19.1 Å². The molecule has 1 N–H and O–H groups in total. The van der Waals surface area contributed by atoms with Crippen LogP contribution in [0.3, 0.4) is 0 Å². The number of aromatic nitrogens is 2. The molecule has 0 aliphatic rings.